The number of nitrogens with zero attached hydrogens (tertiary/aromatic N) is 3. The Hall–Kier alpha value is -2.88. The van der Waals surface area contributed by atoms with Crippen LogP contribution in [-0.4, -0.2) is 29.6 Å². The standard InChI is InChI=1S/C14H15N5O2/c1-9(8-15)17-14(21)11-7-12(13(16)20)19(18-11)10-5-3-2-4-6-10/h2-6,9,12H,7H2,1H3,(H2,16,20)(H,17,21)/t9-,12+/m1/s1. The average molecular weight is 285 g/mol. The van der Waals surface area contributed by atoms with Crippen LogP contribution in [0.3, 0.4) is 0 Å². The molecule has 2 atom stereocenters. The summed E-state index contributed by atoms with van der Waals surface area (Å²) in [6, 6.07) is 9.57. The van der Waals surface area contributed by atoms with Gasteiger partial charge in [-0.25, -0.2) is 0 Å². The molecular weight excluding hydrogens is 270 g/mol. The lowest BCUT2D eigenvalue weighted by molar-refractivity contribution is -0.119. The molecule has 0 aliphatic carbocycles. The fourth-order valence-corrected chi connectivity index (χ4v) is 2.00. The van der Waals surface area contributed by atoms with Gasteiger partial charge in [0.1, 0.15) is 17.8 Å². The molecule has 0 saturated heterocycles. The Labute approximate surface area is 122 Å². The van der Waals surface area contributed by atoms with Gasteiger partial charge in [0.2, 0.25) is 5.91 Å². The van der Waals surface area contributed by atoms with Gasteiger partial charge in [-0.05, 0) is 19.1 Å². The minimum absolute atomic E-state index is 0.119. The van der Waals surface area contributed by atoms with Crippen molar-refractivity contribution in [3.63, 3.8) is 0 Å². The highest BCUT2D eigenvalue weighted by atomic mass is 16.2. The van der Waals surface area contributed by atoms with E-state index in [0.29, 0.717) is 5.69 Å². The summed E-state index contributed by atoms with van der Waals surface area (Å²) in [6.45, 7) is 1.56. The van der Waals surface area contributed by atoms with Crippen LogP contribution in [0, 0.1) is 11.3 Å². The Balaban J connectivity index is 2.24. The number of nitrogens with two attached hydrogens (primary N) is 1. The number of carbonyl (C=O) groups excluding carboxylic acids is 2. The number of anilines is 1. The van der Waals surface area contributed by atoms with E-state index in [-0.39, 0.29) is 12.1 Å². The molecular formula is C14H15N5O2. The number of carbonyl (C=O) groups is 2. The van der Waals surface area contributed by atoms with Crippen LogP contribution in [0.5, 0.6) is 0 Å². The number of hydrogen-bond acceptors (Lipinski definition) is 5. The molecule has 108 valence electrons. The zero-order valence-corrected chi connectivity index (χ0v) is 11.5. The van der Waals surface area contributed by atoms with Crippen LogP contribution in [-0.2, 0) is 9.59 Å². The van der Waals surface area contributed by atoms with Gasteiger partial charge < -0.3 is 11.1 Å². The van der Waals surface area contributed by atoms with Crippen molar-refractivity contribution in [2.24, 2.45) is 10.8 Å². The van der Waals surface area contributed by atoms with Crippen LogP contribution >= 0.6 is 0 Å². The maximum atomic E-state index is 12.0. The number of primary amides is 1. The highest BCUT2D eigenvalue weighted by Gasteiger charge is 2.35. The second-order valence-corrected chi connectivity index (χ2v) is 4.67. The van der Waals surface area contributed by atoms with Gasteiger partial charge in [-0.2, -0.15) is 10.4 Å². The van der Waals surface area contributed by atoms with E-state index in [1.165, 1.54) is 5.01 Å². The molecule has 2 amide bonds. The summed E-state index contributed by atoms with van der Waals surface area (Å²) in [7, 11) is 0. The van der Waals surface area contributed by atoms with Gasteiger partial charge in [0.15, 0.2) is 0 Å². The third kappa shape index (κ3) is 3.17. The lowest BCUT2D eigenvalue weighted by atomic mass is 10.1. The largest absolute Gasteiger partial charge is 0.368 e. The van der Waals surface area contributed by atoms with Crippen molar-refractivity contribution >= 4 is 23.2 Å². The molecule has 1 aliphatic rings. The first-order chi connectivity index (χ1) is 10.0. The minimum Gasteiger partial charge on any atom is -0.368 e. The average Bonchev–Trinajstić information content (AvgIpc) is 2.93. The first-order valence-corrected chi connectivity index (χ1v) is 6.44. The van der Waals surface area contributed by atoms with Crippen LogP contribution in [0.2, 0.25) is 0 Å². The number of benzene rings is 1. The molecule has 0 aromatic heterocycles. The van der Waals surface area contributed by atoms with Crippen LogP contribution in [0.4, 0.5) is 5.69 Å². The molecule has 7 heteroatoms. The number of nitriles is 1. The van der Waals surface area contributed by atoms with Crippen molar-refractivity contribution in [2.75, 3.05) is 5.01 Å². The molecule has 2 rings (SSSR count). The molecule has 21 heavy (non-hydrogen) atoms. The maximum Gasteiger partial charge on any atom is 0.268 e. The minimum atomic E-state index is -0.703. The second kappa shape index (κ2) is 6.05. The van der Waals surface area contributed by atoms with Crippen LogP contribution in [0.25, 0.3) is 0 Å². The van der Waals surface area contributed by atoms with Gasteiger partial charge in [0, 0.05) is 6.42 Å². The Kier molecular flexibility index (Phi) is 4.18. The molecule has 0 fully saturated rings. The van der Waals surface area contributed by atoms with Crippen LogP contribution in [0.15, 0.2) is 35.4 Å². The molecule has 1 aromatic carbocycles. The van der Waals surface area contributed by atoms with Crippen molar-refractivity contribution in [2.45, 2.75) is 25.4 Å². The van der Waals surface area contributed by atoms with Crippen molar-refractivity contribution < 1.29 is 9.59 Å². The van der Waals surface area contributed by atoms with Gasteiger partial charge in [0.25, 0.3) is 5.91 Å². The van der Waals surface area contributed by atoms with E-state index in [4.69, 9.17) is 11.0 Å². The predicted molar refractivity (Wildman–Crippen MR) is 77.2 cm³/mol. The topological polar surface area (TPSA) is 112 Å². The Morgan fingerprint density at radius 2 is 2.14 bits per heavy atom. The SMILES string of the molecule is C[C@H](C#N)NC(=O)C1=NN(c2ccccc2)[C@H](C(N)=O)C1. The third-order valence-corrected chi connectivity index (χ3v) is 3.06. The molecule has 0 radical (unpaired) electrons. The molecule has 0 spiro atoms. The van der Waals surface area contributed by atoms with Gasteiger partial charge >= 0.3 is 0 Å². The van der Waals surface area contributed by atoms with E-state index in [1.807, 2.05) is 12.1 Å². The van der Waals surface area contributed by atoms with Gasteiger partial charge in [0.05, 0.1) is 11.8 Å². The monoisotopic (exact) mass is 285 g/mol. The van der Waals surface area contributed by atoms with Crippen LogP contribution in [0.1, 0.15) is 13.3 Å². The van der Waals surface area contributed by atoms with E-state index in [1.54, 1.807) is 31.2 Å². The van der Waals surface area contributed by atoms with E-state index in [0.717, 1.165) is 0 Å². The fraction of sp³-hybridized carbons (Fsp3) is 0.286. The van der Waals surface area contributed by atoms with E-state index in [9.17, 15) is 9.59 Å². The Morgan fingerprint density at radius 3 is 2.71 bits per heavy atom. The summed E-state index contributed by atoms with van der Waals surface area (Å²) in [5.74, 6) is -1.02. The summed E-state index contributed by atoms with van der Waals surface area (Å²) in [5, 5.41) is 16.8. The van der Waals surface area contributed by atoms with Crippen molar-refractivity contribution in [3.05, 3.63) is 30.3 Å². The van der Waals surface area contributed by atoms with Gasteiger partial charge in [-0.15, -0.1) is 0 Å². The highest BCUT2D eigenvalue weighted by molar-refractivity contribution is 6.40. The molecule has 1 aliphatic heterocycles. The van der Waals surface area contributed by atoms with Crippen molar-refractivity contribution in [1.82, 2.24) is 5.32 Å². The quantitative estimate of drug-likeness (QED) is 0.819. The molecule has 7 nitrogen and oxygen atoms in total. The summed E-state index contributed by atoms with van der Waals surface area (Å²) in [4.78, 5) is 23.5. The number of rotatable bonds is 4. The summed E-state index contributed by atoms with van der Waals surface area (Å²) in [6.07, 6.45) is 0.119. The fourth-order valence-electron chi connectivity index (χ4n) is 2.00. The van der Waals surface area contributed by atoms with E-state index < -0.39 is 23.9 Å². The van der Waals surface area contributed by atoms with Gasteiger partial charge in [-0.3, -0.25) is 14.6 Å². The molecule has 3 N–H and O–H groups in total. The molecule has 1 heterocycles. The number of hydrogen-bond donors (Lipinski definition) is 2. The van der Waals surface area contributed by atoms with Crippen molar-refractivity contribution in [1.29, 1.82) is 5.26 Å². The lowest BCUT2D eigenvalue weighted by Gasteiger charge is -2.20. The summed E-state index contributed by atoms with van der Waals surface area (Å²) in [5.41, 5.74) is 6.24. The van der Waals surface area contributed by atoms with Gasteiger partial charge in [-0.1, -0.05) is 18.2 Å². The van der Waals surface area contributed by atoms with E-state index in [2.05, 4.69) is 10.4 Å². The second-order valence-electron chi connectivity index (χ2n) is 4.67. The lowest BCUT2D eigenvalue weighted by Crippen LogP contribution is -2.40. The molecule has 0 bridgehead atoms. The maximum absolute atomic E-state index is 12.0. The van der Waals surface area contributed by atoms with E-state index >= 15 is 0 Å². The number of amides is 2. The third-order valence-electron chi connectivity index (χ3n) is 3.06. The zero-order chi connectivity index (χ0) is 15.4. The zero-order valence-electron chi connectivity index (χ0n) is 11.5. The molecule has 1 aromatic rings. The highest BCUT2D eigenvalue weighted by Crippen LogP contribution is 2.24. The number of nitrogens with one attached hydrogen (secondary N) is 1. The Bertz CT molecular complexity index is 620. The molecule has 0 saturated carbocycles. The smallest absolute Gasteiger partial charge is 0.268 e. The first kappa shape index (κ1) is 14.5. The Morgan fingerprint density at radius 1 is 1.48 bits per heavy atom. The number of hydrazone groups is 1. The van der Waals surface area contributed by atoms with Crippen LogP contribution < -0.4 is 16.1 Å². The normalized spacial score (nSPS) is 18.6. The van der Waals surface area contributed by atoms with Crippen molar-refractivity contribution in [3.8, 4) is 6.07 Å². The molecule has 0 unspecified atom stereocenters. The predicted octanol–water partition coefficient (Wildman–Crippen LogP) is 0.135. The summed E-state index contributed by atoms with van der Waals surface area (Å²) < 4.78 is 0. The number of para-hydroxylation sites is 1. The summed E-state index contributed by atoms with van der Waals surface area (Å²) >= 11 is 0. The first-order valence-electron chi connectivity index (χ1n) is 6.44.